The lowest BCUT2D eigenvalue weighted by Crippen LogP contribution is -2.47. The van der Waals surface area contributed by atoms with Gasteiger partial charge in [-0.15, -0.1) is 0 Å². The molecule has 0 bridgehead atoms. The molecule has 2 saturated heterocycles. The number of fused-ring (bicyclic) bond motifs is 1. The molecule has 4 heterocycles. The smallest absolute Gasteiger partial charge is 0.416 e. The Morgan fingerprint density at radius 1 is 1.06 bits per heavy atom. The Bertz CT molecular complexity index is 2740. The van der Waals surface area contributed by atoms with Gasteiger partial charge in [-0.2, -0.15) is 13.2 Å². The summed E-state index contributed by atoms with van der Waals surface area (Å²) in [5.74, 6) is -0.478. The summed E-state index contributed by atoms with van der Waals surface area (Å²) in [6.07, 6.45) is 3.18. The number of H-pyrrole nitrogens is 1. The number of ether oxygens (including phenoxy) is 2. The Hall–Kier alpha value is -5.98. The number of carbonyl (C=O) groups excluding carboxylic acids is 1. The van der Waals surface area contributed by atoms with Gasteiger partial charge < -0.3 is 24.7 Å². The van der Waals surface area contributed by atoms with Gasteiger partial charge in [0.15, 0.2) is 0 Å². The first-order valence-corrected chi connectivity index (χ1v) is 23.2. The van der Waals surface area contributed by atoms with E-state index in [9.17, 15) is 36.5 Å². The molecule has 2 aliphatic heterocycles. The molecule has 344 valence electrons. The van der Waals surface area contributed by atoms with Crippen molar-refractivity contribution in [2.75, 3.05) is 62.7 Å². The summed E-state index contributed by atoms with van der Waals surface area (Å²) in [7, 11) is -4.60. The number of nitrogens with zero attached hydrogens (tertiary/aromatic N) is 4. The van der Waals surface area contributed by atoms with Crippen molar-refractivity contribution in [3.05, 3.63) is 117 Å². The Balaban J connectivity index is 1.01. The van der Waals surface area contributed by atoms with Gasteiger partial charge in [-0.1, -0.05) is 25.5 Å². The number of sulfonamides is 1. The fourth-order valence-electron chi connectivity index (χ4n) is 8.92. The molecule has 2 fully saturated rings. The summed E-state index contributed by atoms with van der Waals surface area (Å²) >= 11 is 0. The number of aromatic amines is 1. The number of nitrogens with one attached hydrogen (secondary N) is 3. The van der Waals surface area contributed by atoms with Gasteiger partial charge in [0.2, 0.25) is 0 Å². The van der Waals surface area contributed by atoms with E-state index in [0.29, 0.717) is 69.4 Å². The zero-order valence-corrected chi connectivity index (χ0v) is 37.3. The number of hydrogen-bond acceptors (Lipinski definition) is 11. The number of nitro groups is 1. The molecule has 3 aromatic carbocycles. The maximum Gasteiger partial charge on any atom is 0.416 e. The lowest BCUT2D eigenvalue weighted by molar-refractivity contribution is -0.384. The van der Waals surface area contributed by atoms with Gasteiger partial charge in [-0.3, -0.25) is 19.8 Å². The van der Waals surface area contributed by atoms with Crippen LogP contribution in [0, 0.1) is 28.4 Å². The maximum absolute atomic E-state index is 13.9. The number of piperazine rings is 1. The van der Waals surface area contributed by atoms with Crippen molar-refractivity contribution in [1.29, 1.82) is 0 Å². The lowest BCUT2D eigenvalue weighted by atomic mass is 9.72. The number of allylic oxidation sites excluding steroid dienone is 1. The topological polar surface area (TPSA) is 172 Å². The number of rotatable bonds is 13. The summed E-state index contributed by atoms with van der Waals surface area (Å²) < 4.78 is 81.9. The standard InChI is InChI=1S/C47H52F3N7O7S/c1-30-21-34(47(48,49)50)6-9-38(30)40-25-46(2,3)14-12-33(40)28-55-16-18-56(19-17-55)35-7-10-39(43(23-35)64-36-22-32-13-15-51-44(32)53-27-36)45(58)54-65(61,62)37-8-11-41(42(24-37)57(59)60)52-26-31-5-4-20-63-29-31/h6-11,13,15,21-24,27,31,52H,4-5,12,14,16-20,25-26,28-29H2,1-3H3,(H,51,53)(H,54,58)/t31-/m0/s1. The van der Waals surface area contributed by atoms with Gasteiger partial charge in [-0.25, -0.2) is 18.1 Å². The summed E-state index contributed by atoms with van der Waals surface area (Å²) in [6, 6.07) is 15.9. The predicted molar refractivity (Wildman–Crippen MR) is 242 cm³/mol. The highest BCUT2D eigenvalue weighted by Gasteiger charge is 2.34. The maximum atomic E-state index is 13.9. The second kappa shape index (κ2) is 18.5. The van der Waals surface area contributed by atoms with Crippen molar-refractivity contribution in [3.63, 3.8) is 0 Å². The Morgan fingerprint density at radius 3 is 2.58 bits per heavy atom. The van der Waals surface area contributed by atoms with E-state index in [-0.39, 0.29) is 28.3 Å². The van der Waals surface area contributed by atoms with Crippen molar-refractivity contribution in [1.82, 2.24) is 19.6 Å². The Kier molecular flexibility index (Phi) is 13.0. The molecule has 8 rings (SSSR count). The van der Waals surface area contributed by atoms with Gasteiger partial charge in [0, 0.05) is 75.3 Å². The first-order valence-electron chi connectivity index (χ1n) is 21.7. The van der Waals surface area contributed by atoms with Gasteiger partial charge in [0.05, 0.1) is 33.7 Å². The van der Waals surface area contributed by atoms with Crippen LogP contribution in [0.3, 0.4) is 0 Å². The van der Waals surface area contributed by atoms with E-state index in [2.05, 4.69) is 43.7 Å². The first kappa shape index (κ1) is 45.6. The van der Waals surface area contributed by atoms with Crippen LogP contribution in [0.4, 0.5) is 30.2 Å². The van der Waals surface area contributed by atoms with E-state index >= 15 is 0 Å². The first-order chi connectivity index (χ1) is 30.9. The van der Waals surface area contributed by atoms with Crippen molar-refractivity contribution in [2.45, 2.75) is 63.9 Å². The second-order valence-electron chi connectivity index (χ2n) is 17.9. The van der Waals surface area contributed by atoms with Gasteiger partial charge in [0.25, 0.3) is 21.6 Å². The van der Waals surface area contributed by atoms with Gasteiger partial charge in [-0.05, 0) is 116 Å². The van der Waals surface area contributed by atoms with Crippen LogP contribution in [-0.4, -0.2) is 86.6 Å². The number of benzene rings is 3. The van der Waals surface area contributed by atoms with Crippen LogP contribution < -0.4 is 19.7 Å². The average Bonchev–Trinajstić information content (AvgIpc) is 3.74. The van der Waals surface area contributed by atoms with Crippen LogP contribution in [0.25, 0.3) is 16.6 Å². The van der Waals surface area contributed by atoms with Gasteiger partial charge >= 0.3 is 6.18 Å². The number of halogens is 3. The van der Waals surface area contributed by atoms with Crippen LogP contribution in [0.5, 0.6) is 11.5 Å². The molecule has 65 heavy (non-hydrogen) atoms. The van der Waals surface area contributed by atoms with Crippen LogP contribution >= 0.6 is 0 Å². The molecule has 1 amide bonds. The van der Waals surface area contributed by atoms with E-state index in [1.807, 2.05) is 6.07 Å². The molecule has 1 atom stereocenters. The zero-order chi connectivity index (χ0) is 46.1. The van der Waals surface area contributed by atoms with Crippen LogP contribution in [-0.2, 0) is 20.9 Å². The third kappa shape index (κ3) is 10.6. The highest BCUT2D eigenvalue weighted by molar-refractivity contribution is 7.90. The molecule has 18 heteroatoms. The van der Waals surface area contributed by atoms with E-state index < -0.39 is 43.2 Å². The van der Waals surface area contributed by atoms with Crippen LogP contribution in [0.15, 0.2) is 89.6 Å². The molecule has 0 spiro atoms. The summed E-state index contributed by atoms with van der Waals surface area (Å²) in [4.78, 5) is 36.8. The Labute approximate surface area is 375 Å². The minimum atomic E-state index is -4.60. The lowest BCUT2D eigenvalue weighted by Gasteiger charge is -2.39. The predicted octanol–water partition coefficient (Wildman–Crippen LogP) is 9.33. The number of nitro benzene ring substituents is 1. The molecule has 5 aromatic rings. The third-order valence-corrected chi connectivity index (χ3v) is 13.9. The number of carbonyl (C=O) groups is 1. The fraction of sp³-hybridized carbons (Fsp3) is 0.404. The van der Waals surface area contributed by atoms with E-state index in [0.717, 1.165) is 60.4 Å². The number of alkyl halides is 3. The number of anilines is 2. The molecule has 0 radical (unpaired) electrons. The minimum absolute atomic E-state index is 0.0114. The second-order valence-corrected chi connectivity index (χ2v) is 19.6. The molecule has 2 aromatic heterocycles. The summed E-state index contributed by atoms with van der Waals surface area (Å²) in [5.41, 5.74) is 4.15. The molecule has 14 nitrogen and oxygen atoms in total. The molecule has 1 aliphatic carbocycles. The number of amides is 1. The van der Waals surface area contributed by atoms with Crippen molar-refractivity contribution in [2.24, 2.45) is 11.3 Å². The number of pyridine rings is 1. The monoisotopic (exact) mass is 915 g/mol. The van der Waals surface area contributed by atoms with E-state index in [1.165, 1.54) is 42.1 Å². The zero-order valence-electron chi connectivity index (χ0n) is 36.5. The largest absolute Gasteiger partial charge is 0.455 e. The van der Waals surface area contributed by atoms with Crippen molar-refractivity contribution < 1.29 is 40.8 Å². The van der Waals surface area contributed by atoms with Crippen molar-refractivity contribution >= 4 is 49.6 Å². The summed E-state index contributed by atoms with van der Waals surface area (Å²) in [5, 5.41) is 15.9. The molecule has 0 unspecified atom stereocenters. The van der Waals surface area contributed by atoms with Crippen LogP contribution in [0.2, 0.25) is 0 Å². The average molecular weight is 916 g/mol. The van der Waals surface area contributed by atoms with E-state index in [4.69, 9.17) is 9.47 Å². The summed E-state index contributed by atoms with van der Waals surface area (Å²) in [6.45, 7) is 11.0. The molecule has 3 N–H and O–H groups in total. The highest BCUT2D eigenvalue weighted by atomic mass is 32.2. The molecule has 3 aliphatic rings. The highest BCUT2D eigenvalue weighted by Crippen LogP contribution is 2.45. The molecule has 0 saturated carbocycles. The number of aromatic nitrogens is 2. The van der Waals surface area contributed by atoms with Gasteiger partial charge in [0.1, 0.15) is 22.8 Å². The fourth-order valence-corrected chi connectivity index (χ4v) is 9.91. The minimum Gasteiger partial charge on any atom is -0.455 e. The Morgan fingerprint density at radius 2 is 1.86 bits per heavy atom. The number of aryl methyl sites for hydroxylation is 1. The molecular weight excluding hydrogens is 864 g/mol. The normalized spacial score (nSPS) is 18.4. The SMILES string of the molecule is Cc1cc(C(F)(F)F)ccc1C1=C(CN2CCN(c3ccc(C(=O)NS(=O)(=O)c4ccc(NC[C@@H]5CCCOC5)c([N+](=O)[O-])c4)c(Oc4cnc5[nH]ccc5c4)c3)CC2)CCC(C)(C)C1. The molecular formula is C47H52F3N7O7S. The van der Waals surface area contributed by atoms with E-state index in [1.54, 1.807) is 37.4 Å². The number of hydrogen-bond donors (Lipinski definition) is 3. The van der Waals surface area contributed by atoms with Crippen molar-refractivity contribution in [3.8, 4) is 11.5 Å². The quantitative estimate of drug-likeness (QED) is 0.0759. The third-order valence-electron chi connectivity index (χ3n) is 12.6. The van der Waals surface area contributed by atoms with Crippen LogP contribution in [0.1, 0.15) is 73.0 Å².